The van der Waals surface area contributed by atoms with Crippen LogP contribution in [0.4, 0.5) is 0 Å². The van der Waals surface area contributed by atoms with Crippen LogP contribution in [0.3, 0.4) is 0 Å². The Morgan fingerprint density at radius 3 is 1.83 bits per heavy atom. The Morgan fingerprint density at radius 1 is 1.06 bits per heavy atom. The predicted octanol–water partition coefficient (Wildman–Crippen LogP) is 2.94. The van der Waals surface area contributed by atoms with Crippen molar-refractivity contribution in [3.63, 3.8) is 0 Å². The average molecular weight is 258 g/mol. The van der Waals surface area contributed by atoms with Crippen molar-refractivity contribution < 1.29 is 19.1 Å². The molecule has 1 atom stereocenters. The molecule has 0 aromatic carbocycles. The molecule has 0 aromatic rings. The highest BCUT2D eigenvalue weighted by Gasteiger charge is 2.47. The van der Waals surface area contributed by atoms with E-state index in [-0.39, 0.29) is 17.5 Å². The van der Waals surface area contributed by atoms with Crippen LogP contribution < -0.4 is 0 Å². The van der Waals surface area contributed by atoms with Crippen molar-refractivity contribution in [3.05, 3.63) is 0 Å². The first kappa shape index (κ1) is 16.9. The SMILES string of the molecule is CC(OC(=O)C(C)(C)C(C)(C)OC=O)C(C)(C)C. The zero-order chi connectivity index (χ0) is 14.8. The van der Waals surface area contributed by atoms with Gasteiger partial charge in [0.2, 0.25) is 0 Å². The first-order valence-electron chi connectivity index (χ1n) is 6.19. The average Bonchev–Trinajstić information content (AvgIpc) is 2.15. The van der Waals surface area contributed by atoms with Gasteiger partial charge in [0.1, 0.15) is 17.1 Å². The smallest absolute Gasteiger partial charge is 0.315 e. The molecule has 0 saturated heterocycles. The second-order valence-corrected chi connectivity index (χ2v) is 6.76. The summed E-state index contributed by atoms with van der Waals surface area (Å²) in [5, 5.41) is 0. The second-order valence-electron chi connectivity index (χ2n) is 6.76. The standard InChI is InChI=1S/C14H26O4/c1-10(12(2,3)4)18-11(16)13(5,6)14(7,8)17-9-15/h9-10H,1-8H3. The zero-order valence-corrected chi connectivity index (χ0v) is 12.8. The third-order valence-electron chi connectivity index (χ3n) is 3.86. The quantitative estimate of drug-likeness (QED) is 0.562. The molecule has 0 aliphatic rings. The van der Waals surface area contributed by atoms with Crippen molar-refractivity contribution in [2.75, 3.05) is 0 Å². The van der Waals surface area contributed by atoms with E-state index in [0.29, 0.717) is 6.47 Å². The van der Waals surface area contributed by atoms with E-state index in [1.807, 2.05) is 27.7 Å². The number of ether oxygens (including phenoxy) is 2. The molecule has 4 nitrogen and oxygen atoms in total. The summed E-state index contributed by atoms with van der Waals surface area (Å²) >= 11 is 0. The van der Waals surface area contributed by atoms with Gasteiger partial charge in [-0.15, -0.1) is 0 Å². The Hall–Kier alpha value is -1.06. The highest BCUT2D eigenvalue weighted by molar-refractivity contribution is 5.78. The third kappa shape index (κ3) is 3.72. The number of esters is 1. The molecule has 0 aliphatic heterocycles. The minimum atomic E-state index is -0.913. The van der Waals surface area contributed by atoms with Crippen molar-refractivity contribution in [1.29, 1.82) is 0 Å². The third-order valence-corrected chi connectivity index (χ3v) is 3.86. The Balaban J connectivity index is 4.93. The van der Waals surface area contributed by atoms with Crippen LogP contribution in [0.15, 0.2) is 0 Å². The van der Waals surface area contributed by atoms with Gasteiger partial charge in [-0.3, -0.25) is 9.59 Å². The van der Waals surface area contributed by atoms with Crippen molar-refractivity contribution in [2.24, 2.45) is 10.8 Å². The first-order valence-corrected chi connectivity index (χ1v) is 6.19. The van der Waals surface area contributed by atoms with Crippen LogP contribution in [-0.4, -0.2) is 24.1 Å². The summed E-state index contributed by atoms with van der Waals surface area (Å²) in [6, 6.07) is 0. The van der Waals surface area contributed by atoms with Crippen LogP contribution in [-0.2, 0) is 19.1 Å². The zero-order valence-electron chi connectivity index (χ0n) is 12.8. The maximum Gasteiger partial charge on any atom is 0.315 e. The van der Waals surface area contributed by atoms with Gasteiger partial charge < -0.3 is 9.47 Å². The fourth-order valence-electron chi connectivity index (χ4n) is 0.998. The summed E-state index contributed by atoms with van der Waals surface area (Å²) in [4.78, 5) is 22.7. The minimum Gasteiger partial charge on any atom is -0.462 e. The van der Waals surface area contributed by atoms with Gasteiger partial charge in [-0.25, -0.2) is 0 Å². The van der Waals surface area contributed by atoms with Crippen LogP contribution in [0.25, 0.3) is 0 Å². The fourth-order valence-corrected chi connectivity index (χ4v) is 0.998. The number of rotatable bonds is 5. The molecule has 106 valence electrons. The van der Waals surface area contributed by atoms with Gasteiger partial charge in [0.15, 0.2) is 0 Å². The molecule has 0 amide bonds. The number of hydrogen-bond acceptors (Lipinski definition) is 4. The van der Waals surface area contributed by atoms with E-state index < -0.39 is 11.0 Å². The maximum absolute atomic E-state index is 12.2. The molecule has 0 radical (unpaired) electrons. The molecule has 0 N–H and O–H groups in total. The largest absolute Gasteiger partial charge is 0.462 e. The monoisotopic (exact) mass is 258 g/mol. The topological polar surface area (TPSA) is 52.6 Å². The van der Waals surface area contributed by atoms with Crippen LogP contribution in [0.5, 0.6) is 0 Å². The lowest BCUT2D eigenvalue weighted by Crippen LogP contribution is -2.49. The molecule has 1 unspecified atom stereocenters. The molecule has 0 aromatic heterocycles. The lowest BCUT2D eigenvalue weighted by atomic mass is 9.77. The number of carbonyl (C=O) groups excluding carboxylic acids is 2. The number of hydrogen-bond donors (Lipinski definition) is 0. The number of carbonyl (C=O) groups is 2. The summed E-state index contributed by atoms with van der Waals surface area (Å²) in [6.07, 6.45) is -0.212. The lowest BCUT2D eigenvalue weighted by molar-refractivity contribution is -0.183. The van der Waals surface area contributed by atoms with Crippen LogP contribution in [0, 0.1) is 10.8 Å². The van der Waals surface area contributed by atoms with Crippen molar-refractivity contribution in [3.8, 4) is 0 Å². The van der Waals surface area contributed by atoms with Gasteiger partial charge in [-0.05, 0) is 40.0 Å². The molecular formula is C14H26O4. The van der Waals surface area contributed by atoms with E-state index in [1.54, 1.807) is 27.7 Å². The van der Waals surface area contributed by atoms with Gasteiger partial charge in [-0.1, -0.05) is 20.8 Å². The molecule has 0 fully saturated rings. The van der Waals surface area contributed by atoms with Crippen molar-refractivity contribution in [2.45, 2.75) is 67.1 Å². The van der Waals surface area contributed by atoms with E-state index in [0.717, 1.165) is 0 Å². The second kappa shape index (κ2) is 5.29. The molecule has 0 heterocycles. The van der Waals surface area contributed by atoms with Gasteiger partial charge in [-0.2, -0.15) is 0 Å². The molecule has 4 heteroatoms. The molecule has 18 heavy (non-hydrogen) atoms. The van der Waals surface area contributed by atoms with Gasteiger partial charge in [0, 0.05) is 0 Å². The Kier molecular flexibility index (Phi) is 4.98. The van der Waals surface area contributed by atoms with Gasteiger partial charge >= 0.3 is 5.97 Å². The summed E-state index contributed by atoms with van der Waals surface area (Å²) in [5.41, 5.74) is -1.95. The fraction of sp³-hybridized carbons (Fsp3) is 0.857. The Labute approximate surface area is 110 Å². The van der Waals surface area contributed by atoms with Gasteiger partial charge in [0.25, 0.3) is 6.47 Å². The van der Waals surface area contributed by atoms with E-state index in [4.69, 9.17) is 9.47 Å². The summed E-state index contributed by atoms with van der Waals surface area (Å²) < 4.78 is 10.5. The van der Waals surface area contributed by atoms with Crippen LogP contribution in [0.2, 0.25) is 0 Å². The minimum absolute atomic E-state index is 0.124. The molecule has 0 aliphatic carbocycles. The van der Waals surface area contributed by atoms with E-state index in [2.05, 4.69) is 0 Å². The summed E-state index contributed by atoms with van der Waals surface area (Å²) in [6.45, 7) is 15.1. The normalized spacial score (nSPS) is 14.9. The highest BCUT2D eigenvalue weighted by atomic mass is 16.6. The van der Waals surface area contributed by atoms with Gasteiger partial charge in [0.05, 0.1) is 0 Å². The highest BCUT2D eigenvalue weighted by Crippen LogP contribution is 2.36. The molecule has 0 bridgehead atoms. The van der Waals surface area contributed by atoms with E-state index in [1.165, 1.54) is 0 Å². The maximum atomic E-state index is 12.2. The molecule has 0 spiro atoms. The van der Waals surface area contributed by atoms with Crippen molar-refractivity contribution in [1.82, 2.24) is 0 Å². The van der Waals surface area contributed by atoms with Crippen LogP contribution in [0.1, 0.15) is 55.4 Å². The summed E-state index contributed by atoms with van der Waals surface area (Å²) in [5.74, 6) is -0.364. The lowest BCUT2D eigenvalue weighted by Gasteiger charge is -2.39. The Morgan fingerprint density at radius 2 is 1.50 bits per heavy atom. The van der Waals surface area contributed by atoms with Crippen molar-refractivity contribution >= 4 is 12.4 Å². The Bertz CT molecular complexity index is 310. The predicted molar refractivity (Wildman–Crippen MR) is 70.0 cm³/mol. The van der Waals surface area contributed by atoms with E-state index in [9.17, 15) is 9.59 Å². The molecular weight excluding hydrogens is 232 g/mol. The molecule has 0 saturated carbocycles. The first-order chi connectivity index (χ1) is 7.86. The van der Waals surface area contributed by atoms with Crippen LogP contribution >= 0.6 is 0 Å². The van der Waals surface area contributed by atoms with E-state index >= 15 is 0 Å². The summed E-state index contributed by atoms with van der Waals surface area (Å²) in [7, 11) is 0. The molecule has 0 rings (SSSR count).